The van der Waals surface area contributed by atoms with Gasteiger partial charge in [0, 0.05) is 12.7 Å². The maximum Gasteiger partial charge on any atom is 0.191 e. The van der Waals surface area contributed by atoms with Crippen molar-refractivity contribution in [3.8, 4) is 5.75 Å². The van der Waals surface area contributed by atoms with E-state index in [0.29, 0.717) is 19.7 Å². The predicted molar refractivity (Wildman–Crippen MR) is 89.0 cm³/mol. The summed E-state index contributed by atoms with van der Waals surface area (Å²) in [5.41, 5.74) is 1.19. The van der Waals surface area contributed by atoms with Gasteiger partial charge >= 0.3 is 0 Å². The Morgan fingerprint density at radius 3 is 2.73 bits per heavy atom. The number of rotatable bonds is 7. The van der Waals surface area contributed by atoms with Gasteiger partial charge in [-0.15, -0.1) is 0 Å². The highest BCUT2D eigenvalue weighted by molar-refractivity contribution is 5.79. The van der Waals surface area contributed by atoms with Crippen molar-refractivity contribution in [2.24, 2.45) is 4.99 Å². The van der Waals surface area contributed by atoms with Crippen LogP contribution >= 0.6 is 0 Å². The highest BCUT2D eigenvalue weighted by atomic mass is 16.5. The molecule has 1 heterocycles. The van der Waals surface area contributed by atoms with E-state index in [1.807, 2.05) is 37.3 Å². The molecule has 2 N–H and O–H groups in total. The van der Waals surface area contributed by atoms with Gasteiger partial charge in [-0.2, -0.15) is 0 Å². The Labute approximate surface area is 131 Å². The number of aromatic nitrogens is 1. The highest BCUT2D eigenvalue weighted by Gasteiger charge is 1.98. The molecule has 116 valence electrons. The number of guanidine groups is 1. The SMILES string of the molecule is CCNC(=NCc1ccccc1)NCCOc1cccnc1. The van der Waals surface area contributed by atoms with Crippen molar-refractivity contribution in [3.63, 3.8) is 0 Å². The summed E-state index contributed by atoms with van der Waals surface area (Å²) < 4.78 is 5.59. The molecule has 0 aliphatic heterocycles. The van der Waals surface area contributed by atoms with Gasteiger partial charge in [-0.05, 0) is 24.6 Å². The molecule has 0 unspecified atom stereocenters. The van der Waals surface area contributed by atoms with Crippen molar-refractivity contribution in [2.45, 2.75) is 13.5 Å². The first-order chi connectivity index (χ1) is 10.9. The van der Waals surface area contributed by atoms with E-state index in [9.17, 15) is 0 Å². The fourth-order valence-corrected chi connectivity index (χ4v) is 1.87. The van der Waals surface area contributed by atoms with Crippen LogP contribution in [0.25, 0.3) is 0 Å². The van der Waals surface area contributed by atoms with Gasteiger partial charge in [-0.25, -0.2) is 4.99 Å². The lowest BCUT2D eigenvalue weighted by Crippen LogP contribution is -2.39. The Morgan fingerprint density at radius 2 is 2.00 bits per heavy atom. The molecule has 0 saturated heterocycles. The molecule has 0 fully saturated rings. The predicted octanol–water partition coefficient (Wildman–Crippen LogP) is 2.22. The van der Waals surface area contributed by atoms with Crippen LogP contribution in [0.1, 0.15) is 12.5 Å². The van der Waals surface area contributed by atoms with Crippen LogP contribution in [-0.4, -0.2) is 30.6 Å². The second-order valence-electron chi connectivity index (χ2n) is 4.64. The molecule has 5 nitrogen and oxygen atoms in total. The van der Waals surface area contributed by atoms with Gasteiger partial charge in [0.05, 0.1) is 19.3 Å². The maximum atomic E-state index is 5.59. The van der Waals surface area contributed by atoms with Crippen LogP contribution in [-0.2, 0) is 6.54 Å². The molecule has 2 rings (SSSR count). The van der Waals surface area contributed by atoms with Gasteiger partial charge in [0.15, 0.2) is 5.96 Å². The molecule has 0 atom stereocenters. The molecule has 0 aliphatic carbocycles. The molecule has 0 aliphatic rings. The third-order valence-electron chi connectivity index (χ3n) is 2.90. The molecule has 2 aromatic rings. The molecule has 0 saturated carbocycles. The molecular weight excluding hydrogens is 276 g/mol. The molecule has 0 amide bonds. The molecule has 22 heavy (non-hydrogen) atoms. The van der Waals surface area contributed by atoms with Crippen molar-refractivity contribution in [1.82, 2.24) is 15.6 Å². The van der Waals surface area contributed by atoms with E-state index in [4.69, 9.17) is 4.74 Å². The van der Waals surface area contributed by atoms with E-state index in [1.54, 1.807) is 12.4 Å². The Morgan fingerprint density at radius 1 is 1.14 bits per heavy atom. The minimum absolute atomic E-state index is 0.557. The lowest BCUT2D eigenvalue weighted by atomic mass is 10.2. The van der Waals surface area contributed by atoms with Crippen LogP contribution in [0, 0.1) is 0 Å². The summed E-state index contributed by atoms with van der Waals surface area (Å²) in [6.45, 7) is 4.76. The zero-order chi connectivity index (χ0) is 15.5. The fraction of sp³-hybridized carbons (Fsp3) is 0.294. The van der Waals surface area contributed by atoms with E-state index < -0.39 is 0 Å². The average Bonchev–Trinajstić information content (AvgIpc) is 2.58. The lowest BCUT2D eigenvalue weighted by Gasteiger charge is -2.12. The lowest BCUT2D eigenvalue weighted by molar-refractivity contribution is 0.320. The van der Waals surface area contributed by atoms with Crippen LogP contribution in [0.5, 0.6) is 5.75 Å². The van der Waals surface area contributed by atoms with Crippen molar-refractivity contribution in [1.29, 1.82) is 0 Å². The summed E-state index contributed by atoms with van der Waals surface area (Å²) in [6, 6.07) is 13.9. The second kappa shape index (κ2) is 9.39. The van der Waals surface area contributed by atoms with E-state index in [1.165, 1.54) is 5.56 Å². The quantitative estimate of drug-likeness (QED) is 0.467. The van der Waals surface area contributed by atoms with Gasteiger partial charge in [0.25, 0.3) is 0 Å². The summed E-state index contributed by atoms with van der Waals surface area (Å²) in [5.74, 6) is 1.57. The van der Waals surface area contributed by atoms with Crippen molar-refractivity contribution < 1.29 is 4.74 Å². The molecule has 1 aromatic heterocycles. The zero-order valence-electron chi connectivity index (χ0n) is 12.8. The third-order valence-corrected chi connectivity index (χ3v) is 2.90. The van der Waals surface area contributed by atoms with Crippen LogP contribution in [0.2, 0.25) is 0 Å². The Bertz CT molecular complexity index is 557. The van der Waals surface area contributed by atoms with Crippen molar-refractivity contribution >= 4 is 5.96 Å². The number of nitrogens with zero attached hydrogens (tertiary/aromatic N) is 2. The monoisotopic (exact) mass is 298 g/mol. The number of aliphatic imine (C=N–C) groups is 1. The summed E-state index contributed by atoms with van der Waals surface area (Å²) >= 11 is 0. The van der Waals surface area contributed by atoms with Gasteiger partial charge in [0.2, 0.25) is 0 Å². The number of pyridine rings is 1. The van der Waals surface area contributed by atoms with E-state index in [2.05, 4.69) is 32.7 Å². The number of benzene rings is 1. The molecule has 0 radical (unpaired) electrons. The zero-order valence-corrected chi connectivity index (χ0v) is 12.8. The van der Waals surface area contributed by atoms with E-state index in [0.717, 1.165) is 18.3 Å². The molecule has 0 spiro atoms. The minimum atomic E-state index is 0.557. The Kier molecular flexibility index (Phi) is 6.75. The minimum Gasteiger partial charge on any atom is -0.490 e. The van der Waals surface area contributed by atoms with Gasteiger partial charge < -0.3 is 15.4 Å². The fourth-order valence-electron chi connectivity index (χ4n) is 1.87. The molecule has 1 aromatic carbocycles. The Hall–Kier alpha value is -2.56. The number of nitrogens with one attached hydrogen (secondary N) is 2. The van der Waals surface area contributed by atoms with Crippen LogP contribution in [0.3, 0.4) is 0 Å². The largest absolute Gasteiger partial charge is 0.490 e. The number of hydrogen-bond donors (Lipinski definition) is 2. The summed E-state index contributed by atoms with van der Waals surface area (Å²) in [6.07, 6.45) is 3.43. The first-order valence-corrected chi connectivity index (χ1v) is 7.47. The molecule has 5 heteroatoms. The van der Waals surface area contributed by atoms with Gasteiger partial charge in [-0.3, -0.25) is 4.98 Å². The van der Waals surface area contributed by atoms with Crippen LogP contribution in [0.4, 0.5) is 0 Å². The third kappa shape index (κ3) is 5.83. The first-order valence-electron chi connectivity index (χ1n) is 7.47. The maximum absolute atomic E-state index is 5.59. The Balaban J connectivity index is 1.76. The topological polar surface area (TPSA) is 58.5 Å². The normalized spacial score (nSPS) is 11.0. The smallest absolute Gasteiger partial charge is 0.191 e. The second-order valence-corrected chi connectivity index (χ2v) is 4.64. The average molecular weight is 298 g/mol. The summed E-state index contributed by atoms with van der Waals surface area (Å²) in [4.78, 5) is 8.56. The molecule has 0 bridgehead atoms. The van der Waals surface area contributed by atoms with Crippen LogP contribution in [0.15, 0.2) is 59.9 Å². The first kappa shape index (κ1) is 15.8. The summed E-state index contributed by atoms with van der Waals surface area (Å²) in [5, 5.41) is 6.48. The van der Waals surface area contributed by atoms with Gasteiger partial charge in [0.1, 0.15) is 12.4 Å². The highest BCUT2D eigenvalue weighted by Crippen LogP contribution is 2.05. The van der Waals surface area contributed by atoms with Crippen LogP contribution < -0.4 is 15.4 Å². The van der Waals surface area contributed by atoms with Gasteiger partial charge in [-0.1, -0.05) is 30.3 Å². The molecular formula is C17H22N4O. The standard InChI is InChI=1S/C17H22N4O/c1-2-19-17(21-13-15-7-4-3-5-8-15)20-11-12-22-16-9-6-10-18-14-16/h3-10,14H,2,11-13H2,1H3,(H2,19,20,21). The van der Waals surface area contributed by atoms with E-state index in [-0.39, 0.29) is 0 Å². The number of hydrogen-bond acceptors (Lipinski definition) is 3. The number of ether oxygens (including phenoxy) is 1. The van der Waals surface area contributed by atoms with Crippen molar-refractivity contribution in [2.75, 3.05) is 19.7 Å². The van der Waals surface area contributed by atoms with E-state index >= 15 is 0 Å². The summed E-state index contributed by atoms with van der Waals surface area (Å²) in [7, 11) is 0. The van der Waals surface area contributed by atoms with Crippen molar-refractivity contribution in [3.05, 3.63) is 60.4 Å².